The second-order valence-corrected chi connectivity index (χ2v) is 1.95. The molecule has 0 saturated heterocycles. The predicted octanol–water partition coefficient (Wildman–Crippen LogP) is 0.723. The molecule has 0 fully saturated rings. The minimum atomic E-state index is 0.765. The summed E-state index contributed by atoms with van der Waals surface area (Å²) in [5.41, 5.74) is 1.69. The Balaban J connectivity index is 2.53. The van der Waals surface area contributed by atoms with Crippen LogP contribution in [0.4, 0.5) is 0 Å². The Morgan fingerprint density at radius 1 is 1.56 bits per heavy atom. The molecule has 9 heavy (non-hydrogen) atoms. The zero-order valence-electron chi connectivity index (χ0n) is 4.79. The molecule has 1 radical (unpaired) electrons. The van der Waals surface area contributed by atoms with E-state index in [2.05, 4.69) is 21.0 Å². The van der Waals surface area contributed by atoms with Crippen LogP contribution in [-0.4, -0.2) is 10.3 Å². The lowest BCUT2D eigenvalue weighted by atomic mass is 10.1. The summed E-state index contributed by atoms with van der Waals surface area (Å²) >= 11 is 0. The van der Waals surface area contributed by atoms with Gasteiger partial charge in [-0.15, -0.1) is 0 Å². The lowest BCUT2D eigenvalue weighted by Crippen LogP contribution is -1.92. The van der Waals surface area contributed by atoms with E-state index in [1.54, 1.807) is 0 Å². The quantitative estimate of drug-likeness (QED) is 0.507. The van der Waals surface area contributed by atoms with Crippen LogP contribution in [0.25, 0.3) is 0 Å². The van der Waals surface area contributed by atoms with Gasteiger partial charge >= 0.3 is 0 Å². The molecule has 3 nitrogen and oxygen atoms in total. The van der Waals surface area contributed by atoms with E-state index in [0.717, 1.165) is 24.2 Å². The van der Waals surface area contributed by atoms with Gasteiger partial charge in [0.25, 0.3) is 0 Å². The third-order valence-corrected chi connectivity index (χ3v) is 1.32. The lowest BCUT2D eigenvalue weighted by Gasteiger charge is -1.95. The number of allylic oxidation sites excluding steroid dienone is 1. The first-order chi connectivity index (χ1) is 4.47. The van der Waals surface area contributed by atoms with Crippen molar-refractivity contribution in [3.05, 3.63) is 23.5 Å². The number of aryl methyl sites for hydroxylation is 1. The molecule has 0 saturated carbocycles. The highest BCUT2D eigenvalue weighted by Crippen LogP contribution is 2.11. The van der Waals surface area contributed by atoms with Gasteiger partial charge in [0.15, 0.2) is 0 Å². The molecular formula is C6H5N2O. The number of nitrogens with zero attached hydrogens (tertiary/aromatic N) is 2. The van der Waals surface area contributed by atoms with E-state index < -0.39 is 0 Å². The molecule has 0 spiro atoms. The molecule has 0 amide bonds. The Morgan fingerprint density at radius 2 is 2.56 bits per heavy atom. The third kappa shape index (κ3) is 0.650. The van der Waals surface area contributed by atoms with Crippen LogP contribution in [0, 0.1) is 6.08 Å². The molecular weight excluding hydrogens is 116 g/mol. The maximum atomic E-state index is 4.48. The van der Waals surface area contributed by atoms with Crippen molar-refractivity contribution in [3.63, 3.8) is 0 Å². The summed E-state index contributed by atoms with van der Waals surface area (Å²) in [6, 6.07) is 0. The normalized spacial score (nSPS) is 15.6. The van der Waals surface area contributed by atoms with Crippen molar-refractivity contribution in [2.45, 2.75) is 12.8 Å². The number of fused-ring (bicyclic) bond motifs is 1. The van der Waals surface area contributed by atoms with Gasteiger partial charge in [0.05, 0.1) is 0 Å². The predicted molar refractivity (Wildman–Crippen MR) is 29.5 cm³/mol. The third-order valence-electron chi connectivity index (χ3n) is 1.32. The lowest BCUT2D eigenvalue weighted by molar-refractivity contribution is 0.302. The summed E-state index contributed by atoms with van der Waals surface area (Å²) in [5.74, 6) is 0. The second-order valence-electron chi connectivity index (χ2n) is 1.95. The van der Waals surface area contributed by atoms with Gasteiger partial charge in [-0.1, -0.05) is 11.2 Å². The number of rotatable bonds is 0. The zero-order chi connectivity index (χ0) is 6.10. The van der Waals surface area contributed by atoms with Gasteiger partial charge < -0.3 is 0 Å². The highest BCUT2D eigenvalue weighted by atomic mass is 16.6. The molecule has 0 N–H and O–H groups in total. The summed E-state index contributed by atoms with van der Waals surface area (Å²) in [6.07, 6.45) is 6.84. The van der Waals surface area contributed by atoms with Gasteiger partial charge in [-0.2, -0.15) is 0 Å². The van der Waals surface area contributed by atoms with Crippen molar-refractivity contribution >= 4 is 0 Å². The Morgan fingerprint density at radius 3 is 3.44 bits per heavy atom. The van der Waals surface area contributed by atoms with Crippen LogP contribution in [0.1, 0.15) is 17.8 Å². The van der Waals surface area contributed by atoms with Crippen molar-refractivity contribution < 1.29 is 4.63 Å². The van der Waals surface area contributed by atoms with Gasteiger partial charge in [0.2, 0.25) is 0 Å². The molecule has 1 aromatic heterocycles. The van der Waals surface area contributed by atoms with Gasteiger partial charge in [0.1, 0.15) is 11.4 Å². The molecule has 3 heteroatoms. The fraction of sp³-hybridized carbons (Fsp3) is 0.333. The number of hydrogen-bond acceptors (Lipinski definition) is 3. The average molecular weight is 121 g/mol. The fourth-order valence-corrected chi connectivity index (χ4v) is 0.858. The molecule has 1 heterocycles. The maximum Gasteiger partial charge on any atom is 0.138 e. The fourth-order valence-electron chi connectivity index (χ4n) is 0.858. The van der Waals surface area contributed by atoms with Crippen LogP contribution in [0.2, 0.25) is 0 Å². The summed E-state index contributed by atoms with van der Waals surface area (Å²) in [5, 5.41) is 7.32. The van der Waals surface area contributed by atoms with E-state index in [-0.39, 0.29) is 0 Å². The van der Waals surface area contributed by atoms with E-state index in [0.29, 0.717) is 0 Å². The number of hydrogen-bond donors (Lipinski definition) is 0. The first kappa shape index (κ1) is 4.73. The monoisotopic (exact) mass is 121 g/mol. The van der Waals surface area contributed by atoms with Crippen molar-refractivity contribution in [2.75, 3.05) is 0 Å². The van der Waals surface area contributed by atoms with Crippen molar-refractivity contribution in [1.82, 2.24) is 10.3 Å². The minimum Gasteiger partial charge on any atom is -0.244 e. The second kappa shape index (κ2) is 1.69. The molecule has 0 aromatic carbocycles. The summed E-state index contributed by atoms with van der Waals surface area (Å²) in [6.45, 7) is 0. The molecule has 1 aromatic rings. The first-order valence-electron chi connectivity index (χ1n) is 2.86. The summed E-state index contributed by atoms with van der Waals surface area (Å²) in [4.78, 5) is 0. The minimum absolute atomic E-state index is 0.765. The van der Waals surface area contributed by atoms with Gasteiger partial charge in [-0.25, -0.2) is 4.63 Å². The smallest absolute Gasteiger partial charge is 0.138 e. The van der Waals surface area contributed by atoms with Crippen molar-refractivity contribution in [3.8, 4) is 0 Å². The SMILES string of the molecule is [C]1=CCCc2nonc21. The van der Waals surface area contributed by atoms with E-state index in [4.69, 9.17) is 0 Å². The molecule has 0 unspecified atom stereocenters. The van der Waals surface area contributed by atoms with E-state index in [1.165, 1.54) is 0 Å². The molecule has 1 aliphatic carbocycles. The van der Waals surface area contributed by atoms with Gasteiger partial charge in [-0.3, -0.25) is 0 Å². The Bertz CT molecular complexity index is 239. The van der Waals surface area contributed by atoms with Crippen LogP contribution in [0.3, 0.4) is 0 Å². The van der Waals surface area contributed by atoms with Crippen LogP contribution in [-0.2, 0) is 6.42 Å². The van der Waals surface area contributed by atoms with Crippen LogP contribution in [0.5, 0.6) is 0 Å². The topological polar surface area (TPSA) is 38.9 Å². The molecule has 0 aliphatic heterocycles. The Hall–Kier alpha value is -1.12. The van der Waals surface area contributed by atoms with Crippen LogP contribution < -0.4 is 0 Å². The Labute approximate surface area is 52.3 Å². The van der Waals surface area contributed by atoms with Gasteiger partial charge in [-0.05, 0) is 18.0 Å². The molecule has 0 atom stereocenters. The summed E-state index contributed by atoms with van der Waals surface area (Å²) in [7, 11) is 0. The number of aromatic nitrogens is 2. The highest BCUT2D eigenvalue weighted by molar-refractivity contribution is 5.19. The Kier molecular flexibility index (Phi) is 0.886. The molecule has 45 valence electrons. The van der Waals surface area contributed by atoms with E-state index in [9.17, 15) is 0 Å². The van der Waals surface area contributed by atoms with Crippen LogP contribution >= 0.6 is 0 Å². The summed E-state index contributed by atoms with van der Waals surface area (Å²) < 4.78 is 4.48. The van der Waals surface area contributed by atoms with Crippen molar-refractivity contribution in [1.29, 1.82) is 0 Å². The maximum absolute atomic E-state index is 4.48. The highest BCUT2D eigenvalue weighted by Gasteiger charge is 2.08. The van der Waals surface area contributed by atoms with E-state index >= 15 is 0 Å². The largest absolute Gasteiger partial charge is 0.244 e. The van der Waals surface area contributed by atoms with E-state index in [1.807, 2.05) is 6.08 Å². The molecule has 2 rings (SSSR count). The van der Waals surface area contributed by atoms with Gasteiger partial charge in [0, 0.05) is 6.08 Å². The first-order valence-corrected chi connectivity index (χ1v) is 2.86. The van der Waals surface area contributed by atoms with Crippen LogP contribution in [0.15, 0.2) is 10.7 Å². The molecule has 0 bridgehead atoms. The molecule has 1 aliphatic rings. The van der Waals surface area contributed by atoms with Crippen molar-refractivity contribution in [2.24, 2.45) is 0 Å². The average Bonchev–Trinajstić information content (AvgIpc) is 2.33. The zero-order valence-corrected chi connectivity index (χ0v) is 4.79. The standard InChI is InChI=1S/C6H5N2O/c1-2-4-6-5(3-1)7-9-8-6/h1H,2,4H2.